The fourth-order valence-electron chi connectivity index (χ4n) is 3.53. The van der Waals surface area contributed by atoms with Crippen molar-refractivity contribution in [1.29, 1.82) is 5.26 Å². The lowest BCUT2D eigenvalue weighted by atomic mass is 9.90. The molecule has 0 heterocycles. The van der Waals surface area contributed by atoms with Gasteiger partial charge in [0.2, 0.25) is 5.78 Å². The van der Waals surface area contributed by atoms with Crippen molar-refractivity contribution in [3.05, 3.63) is 102 Å². The quantitative estimate of drug-likeness (QED) is 0.495. The largest absolute Gasteiger partial charge is 0.363 e. The topological polar surface area (TPSA) is 44.1 Å². The molecule has 3 aromatic carbocycles. The third kappa shape index (κ3) is 4.66. The SMILES string of the molecule is CCC(C(=O)C#N)c1ccccc1N(Cc1ccccc1)Cc1ccccc1. The first-order chi connectivity index (χ1) is 13.7. The number of nitriles is 1. The minimum Gasteiger partial charge on any atom is -0.363 e. The highest BCUT2D eigenvalue weighted by Crippen LogP contribution is 2.32. The molecule has 28 heavy (non-hydrogen) atoms. The Morgan fingerprint density at radius 2 is 1.36 bits per heavy atom. The molecule has 0 amide bonds. The van der Waals surface area contributed by atoms with E-state index < -0.39 is 5.92 Å². The van der Waals surface area contributed by atoms with Gasteiger partial charge in [-0.15, -0.1) is 0 Å². The fraction of sp³-hybridized carbons (Fsp3) is 0.200. The predicted molar refractivity (Wildman–Crippen MR) is 113 cm³/mol. The van der Waals surface area contributed by atoms with Crippen LogP contribution >= 0.6 is 0 Å². The fourth-order valence-corrected chi connectivity index (χ4v) is 3.53. The maximum atomic E-state index is 12.3. The third-order valence-corrected chi connectivity index (χ3v) is 4.92. The zero-order valence-corrected chi connectivity index (χ0v) is 16.1. The van der Waals surface area contributed by atoms with Crippen molar-refractivity contribution in [2.75, 3.05) is 4.90 Å². The van der Waals surface area contributed by atoms with Crippen molar-refractivity contribution < 1.29 is 4.79 Å². The van der Waals surface area contributed by atoms with Crippen LogP contribution in [0.1, 0.15) is 36.0 Å². The van der Waals surface area contributed by atoms with Gasteiger partial charge in [-0.2, -0.15) is 5.26 Å². The number of nitrogens with zero attached hydrogens (tertiary/aromatic N) is 2. The molecule has 0 radical (unpaired) electrons. The highest BCUT2D eigenvalue weighted by Gasteiger charge is 2.23. The normalized spacial score (nSPS) is 11.4. The first-order valence-corrected chi connectivity index (χ1v) is 9.58. The maximum absolute atomic E-state index is 12.3. The summed E-state index contributed by atoms with van der Waals surface area (Å²) in [5.41, 5.74) is 4.33. The number of ketones is 1. The van der Waals surface area contributed by atoms with Crippen LogP contribution in [0.4, 0.5) is 5.69 Å². The number of para-hydroxylation sites is 1. The Kier molecular flexibility index (Phi) is 6.59. The van der Waals surface area contributed by atoms with Crippen molar-refractivity contribution >= 4 is 11.5 Å². The van der Waals surface area contributed by atoms with Crippen molar-refractivity contribution in [2.45, 2.75) is 32.4 Å². The Labute approximate surface area is 166 Å². The Balaban J connectivity index is 2.02. The summed E-state index contributed by atoms with van der Waals surface area (Å²) < 4.78 is 0. The number of benzene rings is 3. The summed E-state index contributed by atoms with van der Waals surface area (Å²) in [5.74, 6) is -0.787. The lowest BCUT2D eigenvalue weighted by molar-refractivity contribution is -0.115. The molecule has 140 valence electrons. The van der Waals surface area contributed by atoms with Crippen LogP contribution in [-0.2, 0) is 17.9 Å². The highest BCUT2D eigenvalue weighted by molar-refractivity contribution is 5.99. The van der Waals surface area contributed by atoms with E-state index in [1.807, 2.05) is 67.6 Å². The molecule has 0 bridgehead atoms. The molecule has 3 nitrogen and oxygen atoms in total. The number of carbonyl (C=O) groups is 1. The second-order valence-corrected chi connectivity index (χ2v) is 6.82. The Morgan fingerprint density at radius 3 is 1.86 bits per heavy atom. The molecule has 1 atom stereocenters. The van der Waals surface area contributed by atoms with Crippen LogP contribution in [0.2, 0.25) is 0 Å². The average molecular weight is 368 g/mol. The van der Waals surface area contributed by atoms with Crippen molar-refractivity contribution in [2.24, 2.45) is 0 Å². The van der Waals surface area contributed by atoms with Gasteiger partial charge < -0.3 is 4.90 Å². The molecule has 3 rings (SSSR count). The molecule has 0 N–H and O–H groups in total. The van der Waals surface area contributed by atoms with Crippen molar-refractivity contribution in [3.63, 3.8) is 0 Å². The smallest absolute Gasteiger partial charge is 0.239 e. The highest BCUT2D eigenvalue weighted by atomic mass is 16.1. The van der Waals surface area contributed by atoms with E-state index in [4.69, 9.17) is 0 Å². The zero-order chi connectivity index (χ0) is 19.8. The van der Waals surface area contributed by atoms with Crippen LogP contribution in [-0.4, -0.2) is 5.78 Å². The molecule has 0 aliphatic carbocycles. The average Bonchev–Trinajstić information content (AvgIpc) is 2.75. The molecule has 0 aliphatic heterocycles. The van der Waals surface area contributed by atoms with E-state index in [0.29, 0.717) is 6.42 Å². The lowest BCUT2D eigenvalue weighted by Crippen LogP contribution is -2.25. The number of anilines is 1. The van der Waals surface area contributed by atoms with E-state index in [-0.39, 0.29) is 5.78 Å². The second-order valence-electron chi connectivity index (χ2n) is 6.82. The van der Waals surface area contributed by atoms with Gasteiger partial charge in [0.25, 0.3) is 0 Å². The third-order valence-electron chi connectivity index (χ3n) is 4.92. The van der Waals surface area contributed by atoms with Gasteiger partial charge in [-0.3, -0.25) is 4.79 Å². The first kappa shape index (κ1) is 19.4. The summed E-state index contributed by atoms with van der Waals surface area (Å²) in [7, 11) is 0. The number of Topliss-reactive ketones (excluding diaryl/α,β-unsaturated/α-hetero) is 1. The molecule has 3 aromatic rings. The molecular weight excluding hydrogens is 344 g/mol. The monoisotopic (exact) mass is 368 g/mol. The summed E-state index contributed by atoms with van der Waals surface area (Å²) in [5, 5.41) is 9.18. The molecule has 3 heteroatoms. The van der Waals surface area contributed by atoms with E-state index in [1.165, 1.54) is 11.1 Å². The van der Waals surface area contributed by atoms with Crippen LogP contribution in [0, 0.1) is 11.3 Å². The second kappa shape index (κ2) is 9.53. The minimum atomic E-state index is -0.407. The Bertz CT molecular complexity index is 904. The summed E-state index contributed by atoms with van der Waals surface area (Å²) in [6, 6.07) is 30.4. The van der Waals surface area contributed by atoms with Gasteiger partial charge in [0.15, 0.2) is 0 Å². The lowest BCUT2D eigenvalue weighted by Gasteiger charge is -2.29. The van der Waals surface area contributed by atoms with E-state index >= 15 is 0 Å². The minimum absolute atomic E-state index is 0.380. The van der Waals surface area contributed by atoms with E-state index in [2.05, 4.69) is 35.2 Å². The zero-order valence-electron chi connectivity index (χ0n) is 16.1. The van der Waals surface area contributed by atoms with Gasteiger partial charge in [0.1, 0.15) is 6.07 Å². The summed E-state index contributed by atoms with van der Waals surface area (Å²) in [6.45, 7) is 3.41. The number of rotatable bonds is 8. The Morgan fingerprint density at radius 1 is 0.857 bits per heavy atom. The van der Waals surface area contributed by atoms with Gasteiger partial charge in [-0.05, 0) is 29.2 Å². The molecule has 0 saturated carbocycles. The van der Waals surface area contributed by atoms with Crippen molar-refractivity contribution in [1.82, 2.24) is 0 Å². The molecule has 1 unspecified atom stereocenters. The van der Waals surface area contributed by atoms with Crippen LogP contribution in [0.3, 0.4) is 0 Å². The number of hydrogen-bond acceptors (Lipinski definition) is 3. The van der Waals surface area contributed by atoms with Gasteiger partial charge >= 0.3 is 0 Å². The standard InChI is InChI=1S/C25H24N2O/c1-2-22(25(28)17-26)23-15-9-10-16-24(23)27(18-20-11-5-3-6-12-20)19-21-13-7-4-8-14-21/h3-16,22H,2,18-19H2,1H3. The molecule has 0 saturated heterocycles. The Hall–Kier alpha value is -3.38. The van der Waals surface area contributed by atoms with Gasteiger partial charge in [0, 0.05) is 18.8 Å². The van der Waals surface area contributed by atoms with Gasteiger partial charge in [-0.25, -0.2) is 0 Å². The molecule has 0 fully saturated rings. The summed E-state index contributed by atoms with van der Waals surface area (Å²) in [6.07, 6.45) is 0.605. The van der Waals surface area contributed by atoms with E-state index in [0.717, 1.165) is 24.3 Å². The van der Waals surface area contributed by atoms with Crippen LogP contribution in [0.5, 0.6) is 0 Å². The maximum Gasteiger partial charge on any atom is 0.239 e. The van der Waals surface area contributed by atoms with Gasteiger partial charge in [0.05, 0.1) is 5.92 Å². The summed E-state index contributed by atoms with van der Waals surface area (Å²) >= 11 is 0. The molecule has 0 spiro atoms. The molecular formula is C25H24N2O. The summed E-state index contributed by atoms with van der Waals surface area (Å²) in [4.78, 5) is 14.5. The molecule has 0 aromatic heterocycles. The number of carbonyl (C=O) groups excluding carboxylic acids is 1. The predicted octanol–water partition coefficient (Wildman–Crippen LogP) is 5.48. The molecule has 0 aliphatic rings. The van der Waals surface area contributed by atoms with E-state index in [1.54, 1.807) is 0 Å². The van der Waals surface area contributed by atoms with Crippen LogP contribution < -0.4 is 4.90 Å². The van der Waals surface area contributed by atoms with Crippen molar-refractivity contribution in [3.8, 4) is 6.07 Å². The number of hydrogen-bond donors (Lipinski definition) is 0. The van der Waals surface area contributed by atoms with Crippen LogP contribution in [0.15, 0.2) is 84.9 Å². The van der Waals surface area contributed by atoms with E-state index in [9.17, 15) is 10.1 Å². The van der Waals surface area contributed by atoms with Crippen LogP contribution in [0.25, 0.3) is 0 Å². The first-order valence-electron chi connectivity index (χ1n) is 9.58. The van der Waals surface area contributed by atoms with Gasteiger partial charge in [-0.1, -0.05) is 85.8 Å².